The van der Waals surface area contributed by atoms with Gasteiger partial charge < -0.3 is 97.9 Å². The highest BCUT2D eigenvalue weighted by Crippen LogP contribution is 2.34. The van der Waals surface area contributed by atoms with E-state index in [9.17, 15) is 40.9 Å². The molecule has 0 radical (unpaired) electrons. The summed E-state index contributed by atoms with van der Waals surface area (Å²) in [6.45, 7) is -1.49. The fourth-order valence-electron chi connectivity index (χ4n) is 5.70. The van der Waals surface area contributed by atoms with Gasteiger partial charge in [0.15, 0.2) is 18.9 Å². The van der Waals surface area contributed by atoms with Crippen LogP contribution in [-0.2, 0) is 28.4 Å². The maximum Gasteiger partial charge on any atom is 0.187 e. The first-order chi connectivity index (χ1) is 19.8. The molecule has 4 aliphatic rings. The van der Waals surface area contributed by atoms with Gasteiger partial charge in [0.1, 0.15) is 67.1 Å². The second kappa shape index (κ2) is 14.1. The molecule has 0 spiro atoms. The number of aliphatic hydroxyl groups excluding tert-OH is 8. The smallest absolute Gasteiger partial charge is 0.187 e. The van der Waals surface area contributed by atoms with Crippen LogP contribution in [0.3, 0.4) is 0 Å². The first-order valence-electron chi connectivity index (χ1n) is 13.8. The molecular formula is C23H45N5O14. The summed E-state index contributed by atoms with van der Waals surface area (Å²) in [5.41, 5.74) is 29.9. The second-order valence-corrected chi connectivity index (χ2v) is 11.2. The topological polar surface area (TPSA) is 347 Å². The van der Waals surface area contributed by atoms with Crippen LogP contribution in [0, 0.1) is 0 Å². The Morgan fingerprint density at radius 1 is 0.524 bits per heavy atom. The lowest BCUT2D eigenvalue weighted by molar-refractivity contribution is -0.310. The molecule has 0 bridgehead atoms. The van der Waals surface area contributed by atoms with Gasteiger partial charge in [0.05, 0.1) is 31.4 Å². The van der Waals surface area contributed by atoms with Gasteiger partial charge in [-0.2, -0.15) is 0 Å². The summed E-state index contributed by atoms with van der Waals surface area (Å²) in [5.74, 6) is 0. The molecule has 42 heavy (non-hydrogen) atoms. The van der Waals surface area contributed by atoms with Crippen LogP contribution < -0.4 is 28.7 Å². The van der Waals surface area contributed by atoms with Crippen LogP contribution in [0.4, 0.5) is 0 Å². The number of hydrogen-bond acceptors (Lipinski definition) is 19. The Labute approximate surface area is 240 Å². The molecule has 3 saturated heterocycles. The predicted octanol–water partition coefficient (Wildman–Crippen LogP) is -8.86. The van der Waals surface area contributed by atoms with Gasteiger partial charge in [0.2, 0.25) is 0 Å². The summed E-state index contributed by atoms with van der Waals surface area (Å²) >= 11 is 0. The van der Waals surface area contributed by atoms with Crippen molar-refractivity contribution in [3.8, 4) is 0 Å². The van der Waals surface area contributed by atoms with Gasteiger partial charge in [-0.1, -0.05) is 0 Å². The minimum atomic E-state index is -1.62. The van der Waals surface area contributed by atoms with Crippen molar-refractivity contribution in [2.24, 2.45) is 28.7 Å². The molecule has 3 heterocycles. The van der Waals surface area contributed by atoms with Gasteiger partial charge in [0, 0.05) is 18.6 Å². The lowest BCUT2D eigenvalue weighted by atomic mass is 9.84. The molecule has 4 fully saturated rings. The summed E-state index contributed by atoms with van der Waals surface area (Å²) in [4.78, 5) is 0. The maximum absolute atomic E-state index is 11.1. The van der Waals surface area contributed by atoms with E-state index in [1.54, 1.807) is 0 Å². The molecule has 19 atom stereocenters. The van der Waals surface area contributed by atoms with E-state index in [0.29, 0.717) is 0 Å². The normalized spacial score (nSPS) is 53.8. The lowest BCUT2D eigenvalue weighted by Crippen LogP contribution is -2.68. The molecule has 246 valence electrons. The molecule has 19 heteroatoms. The summed E-state index contributed by atoms with van der Waals surface area (Å²) in [5, 5.41) is 82.3. The fourth-order valence-corrected chi connectivity index (χ4v) is 5.70. The third-order valence-corrected chi connectivity index (χ3v) is 8.32. The molecule has 3 aliphatic heterocycles. The SMILES string of the molecule is NC[C@@H]1O[C@H](O[C@H]2[C@@H](O)[C@@H](O[C@@H]3[C@H](O)[C@H](N)C[C@H](N)[C@@H]3O[C@@H]3O[C@H](CO)[C@H](O)[C@H](O)[C@@H]3N)O[C@H]2CO)[C@H](N)[C@@H](O)[C@@H]1O. The highest BCUT2D eigenvalue weighted by atomic mass is 16.8. The van der Waals surface area contributed by atoms with Gasteiger partial charge in [-0.3, -0.25) is 0 Å². The predicted molar refractivity (Wildman–Crippen MR) is 136 cm³/mol. The zero-order chi connectivity index (χ0) is 31.0. The van der Waals surface area contributed by atoms with Crippen molar-refractivity contribution in [3.63, 3.8) is 0 Å². The third-order valence-electron chi connectivity index (χ3n) is 8.32. The molecule has 1 saturated carbocycles. The molecular weight excluding hydrogens is 570 g/mol. The zero-order valence-corrected chi connectivity index (χ0v) is 22.7. The Bertz CT molecular complexity index is 866. The Balaban J connectivity index is 1.50. The summed E-state index contributed by atoms with van der Waals surface area (Å²) < 4.78 is 34.4. The van der Waals surface area contributed by atoms with Crippen molar-refractivity contribution in [3.05, 3.63) is 0 Å². The van der Waals surface area contributed by atoms with Crippen molar-refractivity contribution >= 4 is 0 Å². The van der Waals surface area contributed by atoms with E-state index in [1.807, 2.05) is 0 Å². The Hall–Kier alpha value is -0.760. The fraction of sp³-hybridized carbons (Fsp3) is 1.00. The molecule has 0 aromatic rings. The third kappa shape index (κ3) is 6.60. The van der Waals surface area contributed by atoms with E-state index in [-0.39, 0.29) is 13.0 Å². The monoisotopic (exact) mass is 615 g/mol. The average molecular weight is 616 g/mol. The van der Waals surface area contributed by atoms with Crippen LogP contribution in [0.15, 0.2) is 0 Å². The molecule has 4 rings (SSSR count). The summed E-state index contributed by atoms with van der Waals surface area (Å²) in [6.07, 6.45) is -20.5. The molecule has 0 aromatic heterocycles. The van der Waals surface area contributed by atoms with Crippen molar-refractivity contribution in [2.45, 2.75) is 123 Å². The zero-order valence-electron chi connectivity index (χ0n) is 22.7. The van der Waals surface area contributed by atoms with E-state index in [0.717, 1.165) is 0 Å². The molecule has 0 unspecified atom stereocenters. The standard InChI is InChI=1S/C23H45N5O14/c24-2-7-13(32)15(34)10(27)21(37-7)41-19-9(4-30)39-23(17(19)36)42-20-12(31)5(25)1-6(26)18(20)40-22-11(28)16(35)14(33)8(3-29)38-22/h5-23,29-36H,1-4,24-28H2/t5-,6+,7+,8-,9+,10-,11+,12-,13-,14+,15-,16-,17-,18+,19-,20-,21-,22+,23-/m1/s1. The van der Waals surface area contributed by atoms with Crippen molar-refractivity contribution in [1.29, 1.82) is 0 Å². The first kappa shape index (κ1) is 34.1. The van der Waals surface area contributed by atoms with Crippen molar-refractivity contribution < 1.29 is 69.3 Å². The average Bonchev–Trinajstić information content (AvgIpc) is 3.27. The van der Waals surface area contributed by atoms with Crippen LogP contribution >= 0.6 is 0 Å². The number of ether oxygens (including phenoxy) is 6. The van der Waals surface area contributed by atoms with Gasteiger partial charge >= 0.3 is 0 Å². The maximum atomic E-state index is 11.1. The van der Waals surface area contributed by atoms with E-state index in [2.05, 4.69) is 0 Å². The van der Waals surface area contributed by atoms with Crippen LogP contribution in [0.25, 0.3) is 0 Å². The molecule has 0 amide bonds. The molecule has 18 N–H and O–H groups in total. The van der Waals surface area contributed by atoms with Gasteiger partial charge in [0.25, 0.3) is 0 Å². The minimum absolute atomic E-state index is 0.0642. The number of nitrogens with two attached hydrogens (primary N) is 5. The number of hydrogen-bond donors (Lipinski definition) is 13. The van der Waals surface area contributed by atoms with Gasteiger partial charge in [-0.25, -0.2) is 0 Å². The largest absolute Gasteiger partial charge is 0.394 e. The molecule has 0 aromatic carbocycles. The quantitative estimate of drug-likeness (QED) is 0.114. The van der Waals surface area contributed by atoms with E-state index in [4.69, 9.17) is 57.1 Å². The lowest BCUT2D eigenvalue weighted by Gasteiger charge is -2.47. The Morgan fingerprint density at radius 3 is 1.55 bits per heavy atom. The minimum Gasteiger partial charge on any atom is -0.394 e. The van der Waals surface area contributed by atoms with Crippen molar-refractivity contribution in [2.75, 3.05) is 19.8 Å². The summed E-state index contributed by atoms with van der Waals surface area (Å²) in [7, 11) is 0. The highest BCUT2D eigenvalue weighted by molar-refractivity contribution is 5.02. The first-order valence-corrected chi connectivity index (χ1v) is 13.8. The van der Waals surface area contributed by atoms with Crippen LogP contribution in [0.1, 0.15) is 6.42 Å². The highest BCUT2D eigenvalue weighted by Gasteiger charge is 2.54. The van der Waals surface area contributed by atoms with E-state index < -0.39 is 129 Å². The number of rotatable bonds is 9. The van der Waals surface area contributed by atoms with Crippen LogP contribution in [0.5, 0.6) is 0 Å². The second-order valence-electron chi connectivity index (χ2n) is 11.2. The molecule has 19 nitrogen and oxygen atoms in total. The van der Waals surface area contributed by atoms with Crippen LogP contribution in [0.2, 0.25) is 0 Å². The molecule has 1 aliphatic carbocycles. The van der Waals surface area contributed by atoms with Crippen LogP contribution in [-0.4, -0.2) is 177 Å². The Kier molecular flexibility index (Phi) is 11.5. The van der Waals surface area contributed by atoms with E-state index >= 15 is 0 Å². The van der Waals surface area contributed by atoms with Crippen molar-refractivity contribution in [1.82, 2.24) is 0 Å². The summed E-state index contributed by atoms with van der Waals surface area (Å²) in [6, 6.07) is -4.30. The van der Waals surface area contributed by atoms with Gasteiger partial charge in [-0.15, -0.1) is 0 Å². The van der Waals surface area contributed by atoms with E-state index in [1.165, 1.54) is 0 Å². The number of aliphatic hydroxyl groups is 8. The Morgan fingerprint density at radius 2 is 1.00 bits per heavy atom. The van der Waals surface area contributed by atoms with Gasteiger partial charge in [-0.05, 0) is 6.42 Å².